The molecule has 0 fully saturated rings. The zero-order valence-electron chi connectivity index (χ0n) is 15.9. The molecule has 0 amide bonds. The second-order valence-corrected chi connectivity index (χ2v) is 5.72. The monoisotopic (exact) mass is 352 g/mol. The van der Waals surface area contributed by atoms with Crippen LogP contribution in [-0.4, -0.2) is 45.8 Å². The Bertz CT molecular complexity index is 453. The lowest BCUT2D eigenvalue weighted by Crippen LogP contribution is -2.35. The maximum absolute atomic E-state index is 11.6. The fraction of sp³-hybridized carbons (Fsp3) is 0.550. The minimum absolute atomic E-state index is 0.0277. The number of methoxy groups -OCH3 is 2. The second-order valence-electron chi connectivity index (χ2n) is 5.72. The van der Waals surface area contributed by atoms with Crippen LogP contribution in [0.2, 0.25) is 0 Å². The molecule has 0 N–H and O–H groups in total. The van der Waals surface area contributed by atoms with Gasteiger partial charge >= 0.3 is 5.97 Å². The molecule has 0 radical (unpaired) electrons. The van der Waals surface area contributed by atoms with Crippen LogP contribution in [0, 0.1) is 5.92 Å². The number of allylic oxidation sites excluding steroid dienone is 2. The molecule has 0 aromatic rings. The van der Waals surface area contributed by atoms with Crippen LogP contribution in [-0.2, 0) is 23.7 Å². The number of esters is 1. The van der Waals surface area contributed by atoms with Crippen LogP contribution in [0.15, 0.2) is 49.1 Å². The fourth-order valence-corrected chi connectivity index (χ4v) is 2.28. The first-order valence-electron chi connectivity index (χ1n) is 8.37. The van der Waals surface area contributed by atoms with Crippen molar-refractivity contribution in [1.82, 2.24) is 0 Å². The molecule has 5 nitrogen and oxygen atoms in total. The van der Waals surface area contributed by atoms with Gasteiger partial charge in [-0.1, -0.05) is 31.2 Å². The molecule has 142 valence electrons. The Morgan fingerprint density at radius 2 is 1.92 bits per heavy atom. The summed E-state index contributed by atoms with van der Waals surface area (Å²) in [5, 5.41) is 0. The normalized spacial score (nSPS) is 15.6. The van der Waals surface area contributed by atoms with Gasteiger partial charge < -0.3 is 18.9 Å². The Balaban J connectivity index is 4.63. The summed E-state index contributed by atoms with van der Waals surface area (Å²) in [7, 11) is 3.18. The van der Waals surface area contributed by atoms with Gasteiger partial charge in [0.2, 0.25) is 0 Å². The minimum Gasteiger partial charge on any atom is -0.458 e. The summed E-state index contributed by atoms with van der Waals surface area (Å²) in [6.07, 6.45) is 9.87. The van der Waals surface area contributed by atoms with Gasteiger partial charge in [0.25, 0.3) is 0 Å². The van der Waals surface area contributed by atoms with E-state index >= 15 is 0 Å². The van der Waals surface area contributed by atoms with Crippen LogP contribution in [0.25, 0.3) is 0 Å². The zero-order valence-corrected chi connectivity index (χ0v) is 15.9. The van der Waals surface area contributed by atoms with E-state index in [1.165, 1.54) is 6.08 Å². The predicted octanol–water partition coefficient (Wildman–Crippen LogP) is 3.82. The average molecular weight is 352 g/mol. The lowest BCUT2D eigenvalue weighted by Gasteiger charge is -2.27. The lowest BCUT2D eigenvalue weighted by molar-refractivity contribution is -0.136. The first-order valence-corrected chi connectivity index (χ1v) is 8.37. The molecule has 0 saturated heterocycles. The highest BCUT2D eigenvalue weighted by atomic mass is 16.7. The highest BCUT2D eigenvalue weighted by molar-refractivity contribution is 5.81. The van der Waals surface area contributed by atoms with Crippen molar-refractivity contribution in [3.05, 3.63) is 49.1 Å². The summed E-state index contributed by atoms with van der Waals surface area (Å²) in [5.74, 6) is -0.322. The molecular weight excluding hydrogens is 320 g/mol. The summed E-state index contributed by atoms with van der Waals surface area (Å²) in [4.78, 5) is 11.6. The molecule has 0 rings (SSSR count). The number of rotatable bonds is 14. The van der Waals surface area contributed by atoms with Crippen molar-refractivity contribution in [1.29, 1.82) is 0 Å². The van der Waals surface area contributed by atoms with Crippen molar-refractivity contribution < 1.29 is 23.7 Å². The number of unbranched alkanes of at least 4 members (excludes halogenated alkanes) is 1. The van der Waals surface area contributed by atoms with E-state index in [1.54, 1.807) is 26.4 Å². The van der Waals surface area contributed by atoms with E-state index in [0.29, 0.717) is 0 Å². The molecule has 0 bridgehead atoms. The number of carbonyl (C=O) groups excluding carboxylic acids is 1. The average Bonchev–Trinajstić information content (AvgIpc) is 2.60. The molecule has 0 aromatic carbocycles. The van der Waals surface area contributed by atoms with Crippen molar-refractivity contribution in [3.8, 4) is 0 Å². The number of carbonyl (C=O) groups is 1. The topological polar surface area (TPSA) is 54.0 Å². The lowest BCUT2D eigenvalue weighted by atomic mass is 9.97. The zero-order chi connectivity index (χ0) is 19.1. The molecule has 0 spiro atoms. The fourth-order valence-electron chi connectivity index (χ4n) is 2.28. The minimum atomic E-state index is -0.350. The van der Waals surface area contributed by atoms with Crippen LogP contribution < -0.4 is 0 Å². The van der Waals surface area contributed by atoms with Gasteiger partial charge in [0.1, 0.15) is 19.5 Å². The molecular formula is C20H32O5. The van der Waals surface area contributed by atoms with Crippen molar-refractivity contribution in [2.75, 3.05) is 27.6 Å². The predicted molar refractivity (Wildman–Crippen MR) is 100 cm³/mol. The number of hydrogen-bond acceptors (Lipinski definition) is 5. The van der Waals surface area contributed by atoms with Crippen molar-refractivity contribution >= 4 is 5.97 Å². The van der Waals surface area contributed by atoms with Gasteiger partial charge in [-0.15, -0.1) is 13.2 Å². The summed E-state index contributed by atoms with van der Waals surface area (Å²) < 4.78 is 21.3. The standard InChI is InChI=1S/C20H32O5/c1-7-9-10-11-12-19(21)24-14-16(3)13-17(4)20(25-15-22-5)18(8-2)23-6/h7-8,11-13,17-18,20H,1-2,9-10,14-15H2,3-6H3/b12-11+,16-13-/t17?,18-,20+/m1/s1. The molecule has 25 heavy (non-hydrogen) atoms. The van der Waals surface area contributed by atoms with E-state index in [9.17, 15) is 4.79 Å². The molecule has 3 atom stereocenters. The van der Waals surface area contributed by atoms with Gasteiger partial charge in [-0.2, -0.15) is 0 Å². The molecule has 0 aromatic heterocycles. The Morgan fingerprint density at radius 1 is 1.20 bits per heavy atom. The molecule has 0 heterocycles. The third kappa shape index (κ3) is 10.7. The van der Waals surface area contributed by atoms with Gasteiger partial charge in [0, 0.05) is 26.2 Å². The van der Waals surface area contributed by atoms with Gasteiger partial charge in [0.05, 0.1) is 6.10 Å². The highest BCUT2D eigenvalue weighted by Gasteiger charge is 2.24. The van der Waals surface area contributed by atoms with Gasteiger partial charge in [-0.3, -0.25) is 0 Å². The Kier molecular flexibility index (Phi) is 13.6. The van der Waals surface area contributed by atoms with Crippen molar-refractivity contribution in [2.45, 2.75) is 38.9 Å². The molecule has 5 heteroatoms. The Labute approximate surface area is 152 Å². The van der Waals surface area contributed by atoms with E-state index in [1.807, 2.05) is 26.0 Å². The molecule has 1 unspecified atom stereocenters. The van der Waals surface area contributed by atoms with Crippen LogP contribution in [0.1, 0.15) is 26.7 Å². The number of ether oxygens (including phenoxy) is 4. The van der Waals surface area contributed by atoms with Crippen molar-refractivity contribution in [3.63, 3.8) is 0 Å². The van der Waals surface area contributed by atoms with E-state index in [-0.39, 0.29) is 37.5 Å². The van der Waals surface area contributed by atoms with Crippen LogP contribution in [0.3, 0.4) is 0 Å². The summed E-state index contributed by atoms with van der Waals surface area (Å²) in [6, 6.07) is 0. The van der Waals surface area contributed by atoms with E-state index in [4.69, 9.17) is 18.9 Å². The Morgan fingerprint density at radius 3 is 2.48 bits per heavy atom. The quantitative estimate of drug-likeness (QED) is 0.156. The van der Waals surface area contributed by atoms with Crippen LogP contribution >= 0.6 is 0 Å². The smallest absolute Gasteiger partial charge is 0.330 e. The molecule has 0 aliphatic rings. The molecule has 0 aliphatic heterocycles. The molecule has 0 saturated carbocycles. The Hall–Kier alpha value is -1.69. The highest BCUT2D eigenvalue weighted by Crippen LogP contribution is 2.18. The maximum atomic E-state index is 11.6. The SMILES string of the molecule is C=CCC/C=C/C(=O)OC/C(C)=C\C(C)[C@H](OCOC)[C@@H](C=C)OC. The first-order chi connectivity index (χ1) is 12.0. The third-order valence-corrected chi connectivity index (χ3v) is 3.51. The summed E-state index contributed by atoms with van der Waals surface area (Å²) in [5.41, 5.74) is 0.935. The van der Waals surface area contributed by atoms with Gasteiger partial charge in [-0.25, -0.2) is 4.79 Å². The first kappa shape index (κ1) is 23.3. The van der Waals surface area contributed by atoms with Crippen molar-refractivity contribution in [2.24, 2.45) is 5.92 Å². The summed E-state index contributed by atoms with van der Waals surface area (Å²) in [6.45, 7) is 11.7. The second kappa shape index (κ2) is 14.6. The molecule has 0 aliphatic carbocycles. The number of hydrogen-bond donors (Lipinski definition) is 0. The van der Waals surface area contributed by atoms with E-state index in [2.05, 4.69) is 13.2 Å². The maximum Gasteiger partial charge on any atom is 0.330 e. The van der Waals surface area contributed by atoms with Gasteiger partial charge in [0.15, 0.2) is 0 Å². The van der Waals surface area contributed by atoms with Gasteiger partial charge in [-0.05, 0) is 25.3 Å². The van der Waals surface area contributed by atoms with E-state index in [0.717, 1.165) is 18.4 Å². The van der Waals surface area contributed by atoms with Crippen LogP contribution in [0.4, 0.5) is 0 Å². The van der Waals surface area contributed by atoms with Crippen LogP contribution in [0.5, 0.6) is 0 Å². The van der Waals surface area contributed by atoms with E-state index < -0.39 is 0 Å². The largest absolute Gasteiger partial charge is 0.458 e. The summed E-state index contributed by atoms with van der Waals surface area (Å²) >= 11 is 0. The third-order valence-electron chi connectivity index (χ3n) is 3.51.